The molecular weight excluding hydrogens is 332 g/mol. The van der Waals surface area contributed by atoms with Gasteiger partial charge in [-0.2, -0.15) is 0 Å². The fourth-order valence-corrected chi connectivity index (χ4v) is 2.90. The fraction of sp³-hybridized carbons (Fsp3) is 0.150. The van der Waals surface area contributed by atoms with Gasteiger partial charge in [0.25, 0.3) is 0 Å². The molecule has 0 bridgehead atoms. The summed E-state index contributed by atoms with van der Waals surface area (Å²) in [4.78, 5) is 12.0. The van der Waals surface area contributed by atoms with E-state index >= 15 is 0 Å². The van der Waals surface area contributed by atoms with Crippen LogP contribution < -0.4 is 15.4 Å². The summed E-state index contributed by atoms with van der Waals surface area (Å²) in [6.45, 7) is 0.468. The van der Waals surface area contributed by atoms with E-state index in [1.54, 1.807) is 19.4 Å². The Balaban J connectivity index is 1.51. The van der Waals surface area contributed by atoms with Crippen molar-refractivity contribution in [3.8, 4) is 5.75 Å². The number of hydrogen-bond donors (Lipinski definition) is 2. The number of furan rings is 2. The van der Waals surface area contributed by atoms with E-state index in [1.165, 1.54) is 0 Å². The van der Waals surface area contributed by atoms with Crippen molar-refractivity contribution >= 4 is 33.5 Å². The number of nitrogens with one attached hydrogen (secondary N) is 2. The predicted octanol–water partition coefficient (Wildman–Crippen LogP) is 3.92. The Hall–Kier alpha value is -3.41. The Bertz CT molecular complexity index is 1050. The minimum atomic E-state index is -0.145. The minimum Gasteiger partial charge on any atom is -0.495 e. The smallest absolute Gasteiger partial charge is 0.239 e. The molecule has 132 valence electrons. The second-order valence-corrected chi connectivity index (χ2v) is 5.86. The average molecular weight is 350 g/mol. The average Bonchev–Trinajstić information content (AvgIpc) is 3.31. The molecule has 2 heterocycles. The molecule has 6 heteroatoms. The van der Waals surface area contributed by atoms with E-state index in [9.17, 15) is 4.79 Å². The highest BCUT2D eigenvalue weighted by atomic mass is 16.5. The summed E-state index contributed by atoms with van der Waals surface area (Å²) in [5.41, 5.74) is 2.26. The number of ether oxygens (including phenoxy) is 1. The Morgan fingerprint density at radius 2 is 1.96 bits per heavy atom. The Morgan fingerprint density at radius 1 is 1.08 bits per heavy atom. The largest absolute Gasteiger partial charge is 0.495 e. The summed E-state index contributed by atoms with van der Waals surface area (Å²) in [5, 5.41) is 7.90. The summed E-state index contributed by atoms with van der Waals surface area (Å²) >= 11 is 0. The molecule has 2 aromatic carbocycles. The van der Waals surface area contributed by atoms with Gasteiger partial charge >= 0.3 is 0 Å². The van der Waals surface area contributed by atoms with Crippen molar-refractivity contribution in [1.29, 1.82) is 0 Å². The van der Waals surface area contributed by atoms with Crippen LogP contribution in [0.5, 0.6) is 5.75 Å². The number of methoxy groups -OCH3 is 1. The van der Waals surface area contributed by atoms with Crippen LogP contribution in [0, 0.1) is 0 Å². The SMILES string of the molecule is COc1cc2c(cc1NCC(=O)NCc1ccco1)oc1ccccc12. The van der Waals surface area contributed by atoms with Crippen molar-refractivity contribution in [3.63, 3.8) is 0 Å². The maximum Gasteiger partial charge on any atom is 0.239 e. The van der Waals surface area contributed by atoms with Crippen molar-refractivity contribution in [1.82, 2.24) is 5.32 Å². The van der Waals surface area contributed by atoms with E-state index < -0.39 is 0 Å². The third-order valence-electron chi connectivity index (χ3n) is 4.18. The van der Waals surface area contributed by atoms with Gasteiger partial charge in [-0.05, 0) is 24.3 Å². The molecule has 2 N–H and O–H groups in total. The van der Waals surface area contributed by atoms with Crippen LogP contribution in [-0.2, 0) is 11.3 Å². The molecule has 0 fully saturated rings. The van der Waals surface area contributed by atoms with Crippen LogP contribution in [-0.4, -0.2) is 19.6 Å². The maximum absolute atomic E-state index is 12.0. The van der Waals surface area contributed by atoms with Crippen LogP contribution in [0.1, 0.15) is 5.76 Å². The minimum absolute atomic E-state index is 0.114. The second kappa shape index (κ2) is 6.84. The fourth-order valence-electron chi connectivity index (χ4n) is 2.90. The van der Waals surface area contributed by atoms with Crippen LogP contribution in [0.25, 0.3) is 21.9 Å². The predicted molar refractivity (Wildman–Crippen MR) is 99.3 cm³/mol. The zero-order valence-electron chi connectivity index (χ0n) is 14.2. The first-order valence-electron chi connectivity index (χ1n) is 8.27. The lowest BCUT2D eigenvalue weighted by atomic mass is 10.1. The molecule has 1 amide bonds. The first-order chi connectivity index (χ1) is 12.7. The van der Waals surface area contributed by atoms with E-state index in [4.69, 9.17) is 13.6 Å². The van der Waals surface area contributed by atoms with Crippen molar-refractivity contribution in [2.45, 2.75) is 6.54 Å². The lowest BCUT2D eigenvalue weighted by Crippen LogP contribution is -2.29. The molecule has 0 saturated carbocycles. The van der Waals surface area contributed by atoms with Gasteiger partial charge in [0.15, 0.2) is 0 Å². The van der Waals surface area contributed by atoms with Crippen LogP contribution in [0.2, 0.25) is 0 Å². The standard InChI is InChI=1S/C20H18N2O4/c1-24-19-9-15-14-6-2-3-7-17(14)26-18(15)10-16(19)21-12-20(23)22-11-13-5-4-8-25-13/h2-10,21H,11-12H2,1H3,(H,22,23). The number of carbonyl (C=O) groups is 1. The highest BCUT2D eigenvalue weighted by Gasteiger charge is 2.13. The number of hydrogen-bond acceptors (Lipinski definition) is 5. The molecule has 26 heavy (non-hydrogen) atoms. The summed E-state index contributed by atoms with van der Waals surface area (Å²) in [6.07, 6.45) is 1.58. The molecule has 0 spiro atoms. The topological polar surface area (TPSA) is 76.6 Å². The number of carbonyl (C=O) groups excluding carboxylic acids is 1. The van der Waals surface area contributed by atoms with Gasteiger partial charge in [0.2, 0.25) is 5.91 Å². The van der Waals surface area contributed by atoms with E-state index in [1.807, 2.05) is 42.5 Å². The van der Waals surface area contributed by atoms with Crippen molar-refractivity contribution in [3.05, 3.63) is 60.6 Å². The van der Waals surface area contributed by atoms with Crippen molar-refractivity contribution in [2.24, 2.45) is 0 Å². The van der Waals surface area contributed by atoms with Gasteiger partial charge in [-0.25, -0.2) is 0 Å². The molecule has 0 saturated heterocycles. The Kier molecular flexibility index (Phi) is 4.23. The van der Waals surface area contributed by atoms with Gasteiger partial charge < -0.3 is 24.2 Å². The summed E-state index contributed by atoms with van der Waals surface area (Å²) in [5.74, 6) is 1.22. The van der Waals surface area contributed by atoms with Crippen LogP contribution in [0.15, 0.2) is 63.6 Å². The van der Waals surface area contributed by atoms with Crippen molar-refractivity contribution in [2.75, 3.05) is 19.0 Å². The molecule has 4 aromatic rings. The number of anilines is 1. The lowest BCUT2D eigenvalue weighted by molar-refractivity contribution is -0.119. The van der Waals surface area contributed by atoms with Gasteiger partial charge in [0.05, 0.1) is 32.1 Å². The van der Waals surface area contributed by atoms with E-state index in [-0.39, 0.29) is 12.5 Å². The van der Waals surface area contributed by atoms with E-state index in [2.05, 4.69) is 10.6 Å². The zero-order valence-corrected chi connectivity index (χ0v) is 14.2. The van der Waals surface area contributed by atoms with Gasteiger partial charge in [0.1, 0.15) is 22.7 Å². The summed E-state index contributed by atoms with van der Waals surface area (Å²) in [6, 6.07) is 15.2. The van der Waals surface area contributed by atoms with Crippen LogP contribution in [0.3, 0.4) is 0 Å². The molecule has 0 aliphatic carbocycles. The highest BCUT2D eigenvalue weighted by molar-refractivity contribution is 6.06. The molecular formula is C20H18N2O4. The van der Waals surface area contributed by atoms with E-state index in [0.29, 0.717) is 23.7 Å². The molecule has 0 unspecified atom stereocenters. The van der Waals surface area contributed by atoms with Gasteiger partial charge in [-0.3, -0.25) is 4.79 Å². The lowest BCUT2D eigenvalue weighted by Gasteiger charge is -2.11. The molecule has 4 rings (SSSR count). The second-order valence-electron chi connectivity index (χ2n) is 5.86. The molecule has 6 nitrogen and oxygen atoms in total. The number of amides is 1. The Labute approximate surface area is 149 Å². The number of benzene rings is 2. The van der Waals surface area contributed by atoms with Crippen molar-refractivity contribution < 1.29 is 18.4 Å². The molecule has 0 radical (unpaired) electrons. The highest BCUT2D eigenvalue weighted by Crippen LogP contribution is 2.36. The van der Waals surface area contributed by atoms with Gasteiger partial charge in [-0.15, -0.1) is 0 Å². The first kappa shape index (κ1) is 16.1. The summed E-state index contributed by atoms with van der Waals surface area (Å²) in [7, 11) is 1.60. The third kappa shape index (κ3) is 3.09. The number of fused-ring (bicyclic) bond motifs is 3. The van der Waals surface area contributed by atoms with E-state index in [0.717, 1.165) is 21.9 Å². The van der Waals surface area contributed by atoms with Gasteiger partial charge in [0, 0.05) is 16.8 Å². The third-order valence-corrected chi connectivity index (χ3v) is 4.18. The quantitative estimate of drug-likeness (QED) is 0.551. The Morgan fingerprint density at radius 3 is 2.77 bits per heavy atom. The first-order valence-corrected chi connectivity index (χ1v) is 8.27. The normalized spacial score (nSPS) is 11.0. The summed E-state index contributed by atoms with van der Waals surface area (Å²) < 4.78 is 16.6. The number of rotatable bonds is 6. The maximum atomic E-state index is 12.0. The van der Waals surface area contributed by atoms with Crippen LogP contribution >= 0.6 is 0 Å². The van der Waals surface area contributed by atoms with Crippen LogP contribution in [0.4, 0.5) is 5.69 Å². The molecule has 0 aliphatic rings. The molecule has 0 aliphatic heterocycles. The molecule has 2 aromatic heterocycles. The van der Waals surface area contributed by atoms with Gasteiger partial charge in [-0.1, -0.05) is 18.2 Å². The molecule has 0 atom stereocenters. The monoisotopic (exact) mass is 350 g/mol. The number of para-hydroxylation sites is 1. The zero-order chi connectivity index (χ0) is 17.9.